The first-order valence-corrected chi connectivity index (χ1v) is 11.3. The zero-order valence-corrected chi connectivity index (χ0v) is 20.1. The average molecular weight is 480 g/mol. The summed E-state index contributed by atoms with van der Waals surface area (Å²) >= 11 is 0. The second-order valence-electron chi connectivity index (χ2n) is 9.03. The number of para-hydroxylation sites is 1. The second kappa shape index (κ2) is 9.71. The van der Waals surface area contributed by atoms with Crippen molar-refractivity contribution in [2.75, 3.05) is 24.8 Å². The zero-order valence-electron chi connectivity index (χ0n) is 20.1. The molecular weight excluding hydrogens is 450 g/mol. The maximum atomic E-state index is 12.5. The molecule has 4 N–H and O–H groups in total. The lowest BCUT2D eigenvalue weighted by Crippen LogP contribution is -2.27. The van der Waals surface area contributed by atoms with Gasteiger partial charge in [0.1, 0.15) is 0 Å². The van der Waals surface area contributed by atoms with Crippen LogP contribution in [0.25, 0.3) is 11.3 Å². The number of carbonyl (C=O) groups excluding carboxylic acids is 2. The molecule has 11 heteroatoms. The molecule has 1 aliphatic rings. The smallest absolute Gasteiger partial charge is 0.273 e. The monoisotopic (exact) mass is 479 g/mol. The fourth-order valence-electron chi connectivity index (χ4n) is 3.66. The molecule has 4 rings (SSSR count). The highest BCUT2D eigenvalue weighted by atomic mass is 16.5. The van der Waals surface area contributed by atoms with Gasteiger partial charge >= 0.3 is 0 Å². The van der Waals surface area contributed by atoms with Gasteiger partial charge in [-0.05, 0) is 44.9 Å². The lowest BCUT2D eigenvalue weighted by molar-refractivity contribution is -0.117. The molecule has 1 fully saturated rings. The predicted molar refractivity (Wildman–Crippen MR) is 131 cm³/mol. The van der Waals surface area contributed by atoms with E-state index in [-0.39, 0.29) is 29.9 Å². The maximum absolute atomic E-state index is 12.5. The van der Waals surface area contributed by atoms with Crippen LogP contribution in [-0.2, 0) is 11.3 Å². The molecule has 2 heterocycles. The number of hydrogen-bond donors (Lipinski definition) is 4. The Morgan fingerprint density at radius 2 is 1.97 bits per heavy atom. The van der Waals surface area contributed by atoms with Gasteiger partial charge in [0.05, 0.1) is 36.3 Å². The number of aliphatic hydroxyl groups is 1. The van der Waals surface area contributed by atoms with Gasteiger partial charge in [0.25, 0.3) is 5.91 Å². The highest BCUT2D eigenvalue weighted by Crippen LogP contribution is 2.38. The van der Waals surface area contributed by atoms with Crippen molar-refractivity contribution in [2.45, 2.75) is 38.8 Å². The summed E-state index contributed by atoms with van der Waals surface area (Å²) < 4.78 is 7.45. The second-order valence-corrected chi connectivity index (χ2v) is 9.03. The molecule has 0 aliphatic heterocycles. The van der Waals surface area contributed by atoms with Crippen molar-refractivity contribution in [1.82, 2.24) is 25.3 Å². The number of rotatable bonds is 9. The Bertz CT molecular complexity index is 1240. The zero-order chi connectivity index (χ0) is 25.2. The Morgan fingerprint density at radius 3 is 2.63 bits per heavy atom. The minimum Gasteiger partial charge on any atom is -0.494 e. The molecule has 0 bridgehead atoms. The molecule has 11 nitrogen and oxygen atoms in total. The molecule has 0 radical (unpaired) electrons. The van der Waals surface area contributed by atoms with Crippen LogP contribution in [0, 0.1) is 5.92 Å². The molecule has 1 aromatic carbocycles. The van der Waals surface area contributed by atoms with Gasteiger partial charge in [-0.3, -0.25) is 14.3 Å². The van der Waals surface area contributed by atoms with Crippen LogP contribution in [0.1, 0.15) is 37.2 Å². The lowest BCUT2D eigenvalue weighted by atomic mass is 10.1. The lowest BCUT2D eigenvalue weighted by Gasteiger charge is -2.20. The Hall–Kier alpha value is -3.99. The summed E-state index contributed by atoms with van der Waals surface area (Å²) in [6.07, 6.45) is 3.37. The SMILES string of the molecule is CNC(=O)c1nnc(NC(=O)C2CC2)cc1Nc1cccc(-c2ccnn2CC(C)(C)O)c1OC. The van der Waals surface area contributed by atoms with E-state index in [9.17, 15) is 14.7 Å². The summed E-state index contributed by atoms with van der Waals surface area (Å²) in [4.78, 5) is 24.7. The van der Waals surface area contributed by atoms with Gasteiger partial charge < -0.3 is 25.8 Å². The van der Waals surface area contributed by atoms with Crippen molar-refractivity contribution in [3.8, 4) is 17.0 Å². The summed E-state index contributed by atoms with van der Waals surface area (Å²) in [5.41, 5.74) is 1.52. The van der Waals surface area contributed by atoms with E-state index in [0.29, 0.717) is 17.1 Å². The predicted octanol–water partition coefficient (Wildman–Crippen LogP) is 2.57. The van der Waals surface area contributed by atoms with Crippen molar-refractivity contribution in [1.29, 1.82) is 0 Å². The largest absolute Gasteiger partial charge is 0.494 e. The quantitative estimate of drug-likeness (QED) is 0.367. The standard InChI is InChI=1S/C24H29N7O4/c1-24(2,34)13-31-18(10-11-26-31)15-6-5-7-16(21(15)35-4)27-17-12-19(28-22(32)14-8-9-14)29-30-20(17)23(33)25-3/h5-7,10-12,14,34H,8-9,13H2,1-4H3,(H,25,33)(H2,27,28,29,32). The third-order valence-electron chi connectivity index (χ3n) is 5.45. The van der Waals surface area contributed by atoms with Gasteiger partial charge in [-0.1, -0.05) is 6.07 Å². The summed E-state index contributed by atoms with van der Waals surface area (Å²) in [5.74, 6) is 0.206. The van der Waals surface area contributed by atoms with Crippen LogP contribution < -0.4 is 20.7 Å². The van der Waals surface area contributed by atoms with Crippen LogP contribution in [0.4, 0.5) is 17.2 Å². The third-order valence-corrected chi connectivity index (χ3v) is 5.45. The van der Waals surface area contributed by atoms with Crippen LogP contribution in [0.3, 0.4) is 0 Å². The number of carbonyl (C=O) groups is 2. The number of anilines is 3. The van der Waals surface area contributed by atoms with Crippen LogP contribution in [-0.4, -0.2) is 56.7 Å². The van der Waals surface area contributed by atoms with E-state index in [4.69, 9.17) is 4.74 Å². The highest BCUT2D eigenvalue weighted by Gasteiger charge is 2.30. The number of methoxy groups -OCH3 is 1. The van der Waals surface area contributed by atoms with Crippen LogP contribution in [0.15, 0.2) is 36.5 Å². The van der Waals surface area contributed by atoms with Gasteiger partial charge in [0.2, 0.25) is 5.91 Å². The number of ether oxygens (including phenoxy) is 1. The summed E-state index contributed by atoms with van der Waals surface area (Å²) in [5, 5.41) is 31.2. The van der Waals surface area contributed by atoms with E-state index < -0.39 is 11.5 Å². The van der Waals surface area contributed by atoms with Crippen LogP contribution in [0.2, 0.25) is 0 Å². The Balaban J connectivity index is 1.72. The Labute approximate surface area is 202 Å². The van der Waals surface area contributed by atoms with Gasteiger partial charge in [-0.2, -0.15) is 5.10 Å². The number of nitrogens with zero attached hydrogens (tertiary/aromatic N) is 4. The highest BCUT2D eigenvalue weighted by molar-refractivity contribution is 6.00. The van der Waals surface area contributed by atoms with Crippen molar-refractivity contribution >= 4 is 29.0 Å². The summed E-state index contributed by atoms with van der Waals surface area (Å²) in [7, 11) is 3.05. The minimum absolute atomic E-state index is 0.00245. The molecule has 0 saturated heterocycles. The maximum Gasteiger partial charge on any atom is 0.273 e. The van der Waals surface area contributed by atoms with E-state index in [2.05, 4.69) is 31.2 Å². The molecule has 2 aromatic heterocycles. The van der Waals surface area contributed by atoms with Gasteiger partial charge in [-0.15, -0.1) is 10.2 Å². The molecule has 0 atom stereocenters. The molecule has 0 unspecified atom stereocenters. The van der Waals surface area contributed by atoms with E-state index in [1.165, 1.54) is 7.05 Å². The van der Waals surface area contributed by atoms with Crippen LogP contribution in [0.5, 0.6) is 5.75 Å². The minimum atomic E-state index is -0.962. The first-order valence-electron chi connectivity index (χ1n) is 11.3. The molecule has 1 aliphatic carbocycles. The average Bonchev–Trinajstić information content (AvgIpc) is 3.58. The first-order chi connectivity index (χ1) is 16.7. The fraction of sp³-hybridized carbons (Fsp3) is 0.375. The number of nitrogens with one attached hydrogen (secondary N) is 3. The number of hydrogen-bond acceptors (Lipinski definition) is 8. The van der Waals surface area contributed by atoms with E-state index >= 15 is 0 Å². The number of amides is 2. The first kappa shape index (κ1) is 24.1. The molecule has 0 spiro atoms. The van der Waals surface area contributed by atoms with Gasteiger partial charge in [0.15, 0.2) is 17.3 Å². The molecule has 1 saturated carbocycles. The molecule has 35 heavy (non-hydrogen) atoms. The van der Waals surface area contributed by atoms with Crippen LogP contribution >= 0.6 is 0 Å². The van der Waals surface area contributed by atoms with E-state index in [1.807, 2.05) is 18.2 Å². The Morgan fingerprint density at radius 1 is 1.20 bits per heavy atom. The normalized spacial score (nSPS) is 13.3. The van der Waals surface area contributed by atoms with Crippen molar-refractivity contribution in [3.63, 3.8) is 0 Å². The van der Waals surface area contributed by atoms with E-state index in [1.54, 1.807) is 44.0 Å². The van der Waals surface area contributed by atoms with Crippen molar-refractivity contribution in [3.05, 3.63) is 42.2 Å². The third kappa shape index (κ3) is 5.57. The molecule has 3 aromatic rings. The fourth-order valence-corrected chi connectivity index (χ4v) is 3.66. The van der Waals surface area contributed by atoms with Crippen molar-refractivity contribution in [2.24, 2.45) is 5.92 Å². The van der Waals surface area contributed by atoms with Crippen molar-refractivity contribution < 1.29 is 19.4 Å². The van der Waals surface area contributed by atoms with E-state index in [0.717, 1.165) is 24.1 Å². The van der Waals surface area contributed by atoms with Gasteiger partial charge in [-0.25, -0.2) is 0 Å². The topological polar surface area (TPSA) is 143 Å². The molecule has 2 amide bonds. The Kier molecular flexibility index (Phi) is 6.70. The number of aromatic nitrogens is 4. The number of benzene rings is 1. The summed E-state index contributed by atoms with van der Waals surface area (Å²) in [6, 6.07) is 8.93. The molecular formula is C24H29N7O4. The van der Waals surface area contributed by atoms with Gasteiger partial charge in [0, 0.05) is 30.8 Å². The summed E-state index contributed by atoms with van der Waals surface area (Å²) in [6.45, 7) is 3.71. The molecule has 184 valence electrons.